The number of rotatable bonds is 21. The number of aliphatic carboxylic acids is 1. The summed E-state index contributed by atoms with van der Waals surface area (Å²) in [6, 6.07) is 42.3. The minimum absolute atomic E-state index is 0. The Morgan fingerprint density at radius 2 is 0.771 bits per heavy atom. The van der Waals surface area contributed by atoms with Crippen LogP contribution in [-0.4, -0.2) is 116 Å². The van der Waals surface area contributed by atoms with E-state index in [1.165, 1.54) is 85.3 Å². The molecule has 12 heterocycles. The van der Waals surface area contributed by atoms with Crippen molar-refractivity contribution in [2.24, 2.45) is 17.2 Å². The van der Waals surface area contributed by atoms with E-state index in [1.54, 1.807) is 108 Å². The second-order valence-corrected chi connectivity index (χ2v) is 29.1. The van der Waals surface area contributed by atoms with E-state index >= 15 is 0 Å². The topological polar surface area (TPSA) is 489 Å². The zero-order valence-corrected chi connectivity index (χ0v) is 67.9. The van der Waals surface area contributed by atoms with Gasteiger partial charge in [-0.05, 0) is 129 Å². The SMILES string of the molecule is COC(=O)Cc1sccc1N.COC(=O)Cc1sccc1NC(=O)c1cc2ccoc2c(-c2cccc(CN)c2)n1.COC(=O)Cc1sccc1NC(=O)c1cc2ccoc2c(Cl)n1.Cl.NCc1cccc(-c2nc(C(=O)Nc3ccsc3CC(=O)O)cc3ccoc23)c1.NCc1cccc(B(O)O)c1.O=C(O)c1cc2ccoc2c(Cl)n1. The van der Waals surface area contributed by atoms with Gasteiger partial charge >= 0.3 is 37.0 Å². The van der Waals surface area contributed by atoms with E-state index in [0.717, 1.165) is 48.3 Å². The van der Waals surface area contributed by atoms with Crippen LogP contribution >= 0.6 is 81.0 Å². The lowest BCUT2D eigenvalue weighted by Gasteiger charge is -2.09. The van der Waals surface area contributed by atoms with Gasteiger partial charge in [0.15, 0.2) is 38.3 Å². The number of anilines is 4. The number of methoxy groups -OCH3 is 3. The molecule has 0 atom stereocenters. The van der Waals surface area contributed by atoms with Crippen LogP contribution in [0, 0.1) is 0 Å². The molecule has 3 amide bonds. The lowest BCUT2D eigenvalue weighted by molar-refractivity contribution is -0.140. The number of nitrogens with zero attached hydrogens (tertiary/aromatic N) is 4. The number of ether oxygens (including phenoxy) is 3. The second-order valence-electron chi connectivity index (χ2n) is 24.4. The normalized spacial score (nSPS) is 10.5. The Balaban J connectivity index is 0.000000168. The zero-order chi connectivity index (χ0) is 83.8. The molecule has 15 rings (SSSR count). The molecule has 12 aromatic heterocycles. The summed E-state index contributed by atoms with van der Waals surface area (Å²) >= 11 is 17.2. The third kappa shape index (κ3) is 23.9. The molecule has 0 bridgehead atoms. The fourth-order valence-corrected chi connectivity index (χ4v) is 14.5. The quantitative estimate of drug-likeness (QED) is 0.0138. The largest absolute Gasteiger partial charge is 0.488 e. The summed E-state index contributed by atoms with van der Waals surface area (Å²) < 4.78 is 35.2. The number of carbonyl (C=O) groups excluding carboxylic acids is 6. The number of benzene rings is 3. The average molecular weight is 1740 g/mol. The van der Waals surface area contributed by atoms with Crippen molar-refractivity contribution in [3.05, 3.63) is 261 Å². The summed E-state index contributed by atoms with van der Waals surface area (Å²) in [5.41, 5.74) is 33.2. The van der Waals surface area contributed by atoms with Gasteiger partial charge in [0.1, 0.15) is 28.5 Å². The van der Waals surface area contributed by atoms with E-state index in [-0.39, 0.29) is 95.0 Å². The number of carboxylic acids is 2. The molecule has 38 heteroatoms. The number of carbonyl (C=O) groups is 8. The minimum Gasteiger partial charge on any atom is -0.481 e. The van der Waals surface area contributed by atoms with Crippen LogP contribution in [0.1, 0.15) is 78.2 Å². The number of carboxylic acid groups (broad SMARTS) is 2. The fourth-order valence-electron chi connectivity index (χ4n) is 10.8. The van der Waals surface area contributed by atoms with Gasteiger partial charge in [-0.15, -0.1) is 57.8 Å². The van der Waals surface area contributed by atoms with Crippen LogP contribution in [0.15, 0.2) is 210 Å². The lowest BCUT2D eigenvalue weighted by atomic mass is 9.80. The van der Waals surface area contributed by atoms with E-state index in [2.05, 4.69) is 45.4 Å². The summed E-state index contributed by atoms with van der Waals surface area (Å²) in [5.74, 6) is -4.27. The van der Waals surface area contributed by atoms with Crippen molar-refractivity contribution in [1.29, 1.82) is 0 Å². The number of hydrogen-bond acceptors (Lipinski definition) is 29. The van der Waals surface area contributed by atoms with Gasteiger partial charge in [-0.2, -0.15) is 0 Å². The van der Waals surface area contributed by atoms with E-state index in [9.17, 15) is 38.4 Å². The van der Waals surface area contributed by atoms with E-state index < -0.39 is 30.9 Å². The zero-order valence-electron chi connectivity index (χ0n) is 62.3. The number of nitrogen functional groups attached to an aromatic ring is 1. The van der Waals surface area contributed by atoms with Gasteiger partial charge in [-0.3, -0.25) is 33.6 Å². The standard InChI is InChI=1S/C22H19N3O4S.C21H17N3O4S.C15H11ClN2O4S.C8H4ClNO3.C7H10BNO2.C7H9NO2S.ClH/c1-28-19(26)11-18-16(6-8-30-18)25-22(27)17-10-15-5-7-29-21(15)20(24-17)14-4-2-3-13(9-14)12-23;22-11-12-2-1-3-13(8-12)19-20-14(4-6-28-20)9-16(23-19)21(27)24-15-5-7-29-17(15)10-18(25)26;1-21-12(19)7-11-9(3-5-23-11)18-15(20)10-6-8-2-4-22-13(8)14(16)17-10;9-7-6-4(1-2-13-6)3-5(10-7)8(11)12;9-5-6-2-1-3-7(4-6)8(10)11;1-10-7(9)4-6-5(8)2-3-11-6;/h2-10H,11-12,23H2,1H3,(H,25,27);1-9H,10-11,22H2,(H,24,27)(H,25,26);2-6H,7H2,1H3,(H,18,20);1-3H,(H,11,12);1-4,10-11H,5,9H2;2-3H,4,8H2,1H3;1H. The first-order valence-electron chi connectivity index (χ1n) is 34.6. The van der Waals surface area contributed by atoms with Crippen molar-refractivity contribution >= 4 is 208 Å². The molecule has 0 unspecified atom stereocenters. The maximum atomic E-state index is 13.0. The van der Waals surface area contributed by atoms with Crippen LogP contribution in [0.3, 0.4) is 0 Å². The number of aromatic carboxylic acids is 1. The van der Waals surface area contributed by atoms with Crippen LogP contribution < -0.4 is 44.3 Å². The van der Waals surface area contributed by atoms with Crippen molar-refractivity contribution in [2.75, 3.05) is 43.0 Å². The van der Waals surface area contributed by atoms with Crippen LogP contribution in [-0.2, 0) is 78.7 Å². The number of thiophene rings is 4. The van der Waals surface area contributed by atoms with Gasteiger partial charge in [0.2, 0.25) is 0 Å². The average Bonchev–Trinajstić information content (AvgIpc) is 1.57. The summed E-state index contributed by atoms with van der Waals surface area (Å²) in [6.07, 6.45) is 6.34. The number of fused-ring (bicyclic) bond motifs is 4. The molecule has 118 heavy (non-hydrogen) atoms. The highest BCUT2D eigenvalue weighted by Gasteiger charge is 2.23. The van der Waals surface area contributed by atoms with Crippen molar-refractivity contribution in [3.63, 3.8) is 0 Å². The molecule has 0 aliphatic heterocycles. The number of amides is 3. The van der Waals surface area contributed by atoms with Crippen LogP contribution in [0.4, 0.5) is 22.7 Å². The molecule has 0 radical (unpaired) electrons. The number of nitrogens with two attached hydrogens (primary N) is 4. The van der Waals surface area contributed by atoms with Crippen LogP contribution in [0.2, 0.25) is 10.3 Å². The maximum absolute atomic E-state index is 13.0. The molecular formula is C80H71BCl3N11O19S4. The lowest BCUT2D eigenvalue weighted by Crippen LogP contribution is -2.30. The highest BCUT2D eigenvalue weighted by molar-refractivity contribution is 7.11. The Kier molecular flexibility index (Phi) is 32.5. The number of hydrogen-bond donors (Lipinski definition) is 11. The molecule has 15 N–H and O–H groups in total. The molecule has 3 aromatic carbocycles. The summed E-state index contributed by atoms with van der Waals surface area (Å²) in [5, 5.41) is 53.8. The maximum Gasteiger partial charge on any atom is 0.488 e. The Hall–Kier alpha value is -12.5. The number of aromatic nitrogens is 4. The first-order chi connectivity index (χ1) is 56.4. The van der Waals surface area contributed by atoms with Crippen LogP contribution in [0.25, 0.3) is 66.4 Å². The molecule has 608 valence electrons. The summed E-state index contributed by atoms with van der Waals surface area (Å²) in [7, 11) is 2.62. The molecule has 0 saturated heterocycles. The van der Waals surface area contributed by atoms with Gasteiger partial charge in [-0.1, -0.05) is 83.9 Å². The number of furan rings is 4. The smallest absolute Gasteiger partial charge is 0.481 e. The van der Waals surface area contributed by atoms with Gasteiger partial charge in [0.25, 0.3) is 17.7 Å². The minimum atomic E-state index is -1.40. The third-order valence-electron chi connectivity index (χ3n) is 16.6. The molecule has 15 aromatic rings. The summed E-state index contributed by atoms with van der Waals surface area (Å²) in [4.78, 5) is 113. The Morgan fingerprint density at radius 3 is 1.14 bits per heavy atom. The van der Waals surface area contributed by atoms with Gasteiger partial charge in [0, 0.05) is 77.5 Å². The predicted octanol–water partition coefficient (Wildman–Crippen LogP) is 13.9. The first kappa shape index (κ1) is 89.4. The summed E-state index contributed by atoms with van der Waals surface area (Å²) in [6.45, 7) is 1.21. The van der Waals surface area contributed by atoms with Crippen molar-refractivity contribution < 1.29 is 90.5 Å². The molecule has 0 aliphatic carbocycles. The predicted molar refractivity (Wildman–Crippen MR) is 455 cm³/mol. The monoisotopic (exact) mass is 1730 g/mol. The highest BCUT2D eigenvalue weighted by Crippen LogP contribution is 2.34. The van der Waals surface area contributed by atoms with Crippen molar-refractivity contribution in [3.8, 4) is 22.5 Å². The molecular weight excluding hydrogens is 1660 g/mol. The number of nitrogens with one attached hydrogen (secondary N) is 3. The van der Waals surface area contributed by atoms with Crippen LogP contribution in [0.5, 0.6) is 0 Å². The number of esters is 3. The molecule has 0 aliphatic rings. The first-order valence-corrected chi connectivity index (χ1v) is 38.8. The molecule has 0 fully saturated rings. The molecule has 0 saturated carbocycles. The van der Waals surface area contributed by atoms with E-state index in [4.69, 9.17) is 88.8 Å². The Bertz CT molecular complexity index is 6060. The molecule has 0 spiro atoms. The fraction of sp³-hybridized carbons (Fsp3) is 0.125. The van der Waals surface area contributed by atoms with Gasteiger partial charge in [-0.25, -0.2) is 24.7 Å². The second kappa shape index (κ2) is 42.9. The number of pyridine rings is 4. The number of halogens is 3. The van der Waals surface area contributed by atoms with E-state index in [0.29, 0.717) is 102 Å². The Labute approximate surface area is 702 Å². The molecule has 30 nitrogen and oxygen atoms in total. The van der Waals surface area contributed by atoms with E-state index in [1.807, 2.05) is 65.4 Å². The van der Waals surface area contributed by atoms with Crippen molar-refractivity contribution in [1.82, 2.24) is 19.9 Å². The third-order valence-corrected chi connectivity index (χ3v) is 20.8. The van der Waals surface area contributed by atoms with Gasteiger partial charge < -0.3 is 91.0 Å². The highest BCUT2D eigenvalue weighted by atomic mass is 35.5. The van der Waals surface area contributed by atoms with Gasteiger partial charge in [0.05, 0.1) is 89.1 Å². The Morgan fingerprint density at radius 1 is 0.432 bits per heavy atom. The van der Waals surface area contributed by atoms with Crippen molar-refractivity contribution in [2.45, 2.75) is 45.3 Å².